The predicted octanol–water partition coefficient (Wildman–Crippen LogP) is 2.09. The van der Waals surface area contributed by atoms with Crippen LogP contribution in [0.15, 0.2) is 30.5 Å². The molecule has 2 aromatic rings. The lowest BCUT2D eigenvalue weighted by Gasteiger charge is -2.41. The van der Waals surface area contributed by atoms with Crippen LogP contribution in [0.4, 0.5) is 0 Å². The molecule has 1 aliphatic heterocycles. The van der Waals surface area contributed by atoms with Crippen LogP contribution in [-0.4, -0.2) is 64.6 Å². The van der Waals surface area contributed by atoms with Gasteiger partial charge in [0.1, 0.15) is 0 Å². The van der Waals surface area contributed by atoms with E-state index in [1.165, 1.54) is 12.8 Å². The van der Waals surface area contributed by atoms with Crippen molar-refractivity contribution < 1.29 is 9.90 Å². The molecule has 24 heavy (non-hydrogen) atoms. The van der Waals surface area contributed by atoms with E-state index in [0.717, 1.165) is 55.0 Å². The number of aromatic amines is 1. The zero-order valence-electron chi connectivity index (χ0n) is 13.9. The molecule has 2 fully saturated rings. The van der Waals surface area contributed by atoms with Crippen LogP contribution in [0.5, 0.6) is 0 Å². The van der Waals surface area contributed by atoms with Crippen LogP contribution in [0.3, 0.4) is 0 Å². The third-order valence-corrected chi connectivity index (χ3v) is 5.34. The zero-order valence-corrected chi connectivity index (χ0v) is 13.9. The molecule has 2 aliphatic rings. The summed E-state index contributed by atoms with van der Waals surface area (Å²) >= 11 is 0. The van der Waals surface area contributed by atoms with Crippen LogP contribution in [0, 0.1) is 5.92 Å². The SMILES string of the molecule is O=C(c1ccc2[nH]ccc2c1)N1CCN(CC2CC2)[C@H](CCO)C1. The van der Waals surface area contributed by atoms with Crippen molar-refractivity contribution in [3.8, 4) is 0 Å². The fraction of sp³-hybridized carbons (Fsp3) is 0.526. The van der Waals surface area contributed by atoms with Gasteiger partial charge in [0.2, 0.25) is 0 Å². The lowest BCUT2D eigenvalue weighted by Crippen LogP contribution is -2.55. The minimum atomic E-state index is 0.104. The standard InChI is InChI=1S/C19H25N3O2/c23-10-6-17-13-22(9-8-21(17)12-14-1-2-14)19(24)16-3-4-18-15(11-16)5-7-20-18/h3-5,7,11,14,17,20,23H,1-2,6,8-10,12-13H2/t17-/m1/s1. The number of benzene rings is 1. The number of H-pyrrole nitrogens is 1. The second-order valence-corrected chi connectivity index (χ2v) is 7.14. The van der Waals surface area contributed by atoms with Gasteiger partial charge >= 0.3 is 0 Å². The van der Waals surface area contributed by atoms with Crippen molar-refractivity contribution in [1.82, 2.24) is 14.8 Å². The topological polar surface area (TPSA) is 59.6 Å². The first-order valence-electron chi connectivity index (χ1n) is 8.96. The number of aliphatic hydroxyl groups is 1. The highest BCUT2D eigenvalue weighted by molar-refractivity contribution is 5.98. The smallest absolute Gasteiger partial charge is 0.253 e. The molecule has 5 heteroatoms. The number of piperazine rings is 1. The van der Waals surface area contributed by atoms with Gasteiger partial charge in [-0.3, -0.25) is 9.69 Å². The Labute approximate surface area is 142 Å². The lowest BCUT2D eigenvalue weighted by molar-refractivity contribution is 0.0407. The molecule has 1 aromatic carbocycles. The fourth-order valence-electron chi connectivity index (χ4n) is 3.74. The average Bonchev–Trinajstić information content (AvgIpc) is 3.29. The van der Waals surface area contributed by atoms with Crippen LogP contribution >= 0.6 is 0 Å². The molecule has 0 unspecified atom stereocenters. The predicted molar refractivity (Wildman–Crippen MR) is 94.0 cm³/mol. The summed E-state index contributed by atoms with van der Waals surface area (Å²) in [4.78, 5) is 20.5. The molecule has 4 rings (SSSR count). The van der Waals surface area contributed by atoms with E-state index in [9.17, 15) is 9.90 Å². The fourth-order valence-corrected chi connectivity index (χ4v) is 3.74. The van der Waals surface area contributed by atoms with Crippen molar-refractivity contribution in [2.45, 2.75) is 25.3 Å². The van der Waals surface area contributed by atoms with Crippen molar-refractivity contribution in [2.24, 2.45) is 5.92 Å². The summed E-state index contributed by atoms with van der Waals surface area (Å²) in [6.45, 7) is 3.72. The minimum Gasteiger partial charge on any atom is -0.396 e. The first-order valence-corrected chi connectivity index (χ1v) is 8.96. The van der Waals surface area contributed by atoms with Crippen LogP contribution < -0.4 is 0 Å². The van der Waals surface area contributed by atoms with Gasteiger partial charge < -0.3 is 15.0 Å². The molecule has 0 spiro atoms. The molecule has 128 valence electrons. The summed E-state index contributed by atoms with van der Waals surface area (Å²) in [5.74, 6) is 0.941. The summed E-state index contributed by atoms with van der Waals surface area (Å²) in [6.07, 6.45) is 5.31. The van der Waals surface area contributed by atoms with E-state index in [4.69, 9.17) is 0 Å². The Morgan fingerprint density at radius 1 is 1.25 bits per heavy atom. The number of fused-ring (bicyclic) bond motifs is 1. The third kappa shape index (κ3) is 3.19. The molecule has 1 saturated heterocycles. The molecule has 0 bridgehead atoms. The number of nitrogens with one attached hydrogen (secondary N) is 1. The van der Waals surface area contributed by atoms with Crippen LogP contribution in [0.25, 0.3) is 10.9 Å². The van der Waals surface area contributed by atoms with Crippen molar-refractivity contribution in [1.29, 1.82) is 0 Å². The monoisotopic (exact) mass is 327 g/mol. The number of hydrogen-bond acceptors (Lipinski definition) is 3. The quantitative estimate of drug-likeness (QED) is 0.884. The Kier molecular flexibility index (Phi) is 4.29. The van der Waals surface area contributed by atoms with E-state index in [-0.39, 0.29) is 18.6 Å². The summed E-state index contributed by atoms with van der Waals surface area (Å²) < 4.78 is 0. The molecule has 1 amide bonds. The molecule has 5 nitrogen and oxygen atoms in total. The van der Waals surface area contributed by atoms with E-state index in [1.54, 1.807) is 0 Å². The maximum absolute atomic E-state index is 12.9. The second-order valence-electron chi connectivity index (χ2n) is 7.14. The third-order valence-electron chi connectivity index (χ3n) is 5.34. The molecule has 2 heterocycles. The lowest BCUT2D eigenvalue weighted by atomic mass is 10.1. The van der Waals surface area contributed by atoms with Gasteiger partial charge in [-0.2, -0.15) is 0 Å². The van der Waals surface area contributed by atoms with Crippen LogP contribution in [-0.2, 0) is 0 Å². The first-order chi connectivity index (χ1) is 11.7. The van der Waals surface area contributed by atoms with Gasteiger partial charge in [-0.15, -0.1) is 0 Å². The molecule has 1 aliphatic carbocycles. The van der Waals surface area contributed by atoms with Gasteiger partial charge in [0.15, 0.2) is 0 Å². The van der Waals surface area contributed by atoms with Gasteiger partial charge in [-0.05, 0) is 49.4 Å². The van der Waals surface area contributed by atoms with E-state index < -0.39 is 0 Å². The Balaban J connectivity index is 1.47. The molecular weight excluding hydrogens is 302 g/mol. The first kappa shape index (κ1) is 15.7. The number of hydrogen-bond donors (Lipinski definition) is 2. The number of amides is 1. The number of carbonyl (C=O) groups is 1. The van der Waals surface area contributed by atoms with E-state index in [1.807, 2.05) is 35.4 Å². The van der Waals surface area contributed by atoms with Crippen LogP contribution in [0.2, 0.25) is 0 Å². The normalized spacial score (nSPS) is 22.2. The number of nitrogens with zero attached hydrogens (tertiary/aromatic N) is 2. The largest absolute Gasteiger partial charge is 0.396 e. The van der Waals surface area contributed by atoms with Crippen LogP contribution in [0.1, 0.15) is 29.6 Å². The van der Waals surface area contributed by atoms with Crippen molar-refractivity contribution in [3.05, 3.63) is 36.0 Å². The molecule has 1 aromatic heterocycles. The number of rotatable bonds is 5. The minimum absolute atomic E-state index is 0.104. The highest BCUT2D eigenvalue weighted by Gasteiger charge is 2.33. The Morgan fingerprint density at radius 3 is 2.92 bits per heavy atom. The number of aliphatic hydroxyl groups excluding tert-OH is 1. The van der Waals surface area contributed by atoms with Crippen molar-refractivity contribution >= 4 is 16.8 Å². The summed E-state index contributed by atoms with van der Waals surface area (Å²) in [5.41, 5.74) is 1.81. The summed E-state index contributed by atoms with van der Waals surface area (Å²) in [5, 5.41) is 10.5. The molecular formula is C19H25N3O2. The summed E-state index contributed by atoms with van der Waals surface area (Å²) in [6, 6.07) is 8.11. The molecule has 1 atom stereocenters. The van der Waals surface area contributed by atoms with E-state index in [0.29, 0.717) is 0 Å². The van der Waals surface area contributed by atoms with Gasteiger partial charge in [-0.25, -0.2) is 0 Å². The number of aromatic nitrogens is 1. The average molecular weight is 327 g/mol. The van der Waals surface area contributed by atoms with Crippen molar-refractivity contribution in [3.63, 3.8) is 0 Å². The van der Waals surface area contributed by atoms with E-state index in [2.05, 4.69) is 9.88 Å². The van der Waals surface area contributed by atoms with Gasteiger partial charge in [-0.1, -0.05) is 0 Å². The second kappa shape index (κ2) is 6.57. The highest BCUT2D eigenvalue weighted by atomic mass is 16.3. The molecule has 1 saturated carbocycles. The van der Waals surface area contributed by atoms with E-state index >= 15 is 0 Å². The van der Waals surface area contributed by atoms with Gasteiger partial charge in [0, 0.05) is 61.5 Å². The Hall–Kier alpha value is -1.85. The Bertz CT molecular complexity index is 722. The maximum Gasteiger partial charge on any atom is 0.253 e. The van der Waals surface area contributed by atoms with Gasteiger partial charge in [0.25, 0.3) is 5.91 Å². The molecule has 2 N–H and O–H groups in total. The Morgan fingerprint density at radius 2 is 2.12 bits per heavy atom. The highest BCUT2D eigenvalue weighted by Crippen LogP contribution is 2.31. The molecule has 0 radical (unpaired) electrons. The zero-order chi connectivity index (χ0) is 16.5. The van der Waals surface area contributed by atoms with Crippen molar-refractivity contribution in [2.75, 3.05) is 32.8 Å². The maximum atomic E-state index is 12.9. The summed E-state index contributed by atoms with van der Waals surface area (Å²) in [7, 11) is 0. The van der Waals surface area contributed by atoms with Gasteiger partial charge in [0.05, 0.1) is 0 Å². The number of carbonyl (C=O) groups excluding carboxylic acids is 1.